The molecule has 0 heterocycles. The minimum atomic E-state index is -0.972. The van der Waals surface area contributed by atoms with Gasteiger partial charge in [0.25, 0.3) is 0 Å². The SMILES string of the molecule is CCCCCCCCCCCCCCCCCCC1(CCCCCCCCCCCCCCCCCC)C=CC2=CC(OC)(OC)C(c3ccccc3)(c3ccccc3)C=C2C1. The Hall–Kier alpha value is -2.42. The van der Waals surface area contributed by atoms with Crippen LogP contribution in [0.4, 0.5) is 0 Å². The van der Waals surface area contributed by atoms with Crippen LogP contribution in [0.5, 0.6) is 0 Å². The van der Waals surface area contributed by atoms with Crippen LogP contribution in [0.15, 0.2) is 96.1 Å². The number of ether oxygens (including phenoxy) is 2. The smallest absolute Gasteiger partial charge is 0.205 e. The van der Waals surface area contributed by atoms with Crippen LogP contribution in [-0.4, -0.2) is 20.0 Å². The first-order valence-corrected chi connectivity index (χ1v) is 26.9. The van der Waals surface area contributed by atoms with Crippen molar-refractivity contribution in [3.63, 3.8) is 0 Å². The Balaban J connectivity index is 1.32. The lowest BCUT2D eigenvalue weighted by atomic mass is 9.60. The number of hydrogen-bond donors (Lipinski definition) is 0. The molecule has 2 aromatic rings. The molecule has 0 spiro atoms. The van der Waals surface area contributed by atoms with E-state index in [-0.39, 0.29) is 5.41 Å². The molecule has 348 valence electrons. The molecule has 2 aliphatic carbocycles. The third-order valence-electron chi connectivity index (χ3n) is 14.9. The van der Waals surface area contributed by atoms with Crippen molar-refractivity contribution in [1.29, 1.82) is 0 Å². The number of rotatable bonds is 38. The molecule has 0 fully saturated rings. The average molecular weight is 849 g/mol. The topological polar surface area (TPSA) is 18.5 Å². The largest absolute Gasteiger partial charge is 0.348 e. The molecule has 0 bridgehead atoms. The van der Waals surface area contributed by atoms with Gasteiger partial charge < -0.3 is 9.47 Å². The number of unbranched alkanes of at least 4 members (excludes halogenated alkanes) is 30. The van der Waals surface area contributed by atoms with Crippen molar-refractivity contribution in [2.45, 2.75) is 250 Å². The van der Waals surface area contributed by atoms with Gasteiger partial charge in [-0.1, -0.05) is 298 Å². The molecule has 2 heteroatoms. The zero-order chi connectivity index (χ0) is 43.9. The second kappa shape index (κ2) is 31.5. The molecule has 4 rings (SSSR count). The Morgan fingerprint density at radius 3 is 1.05 bits per heavy atom. The summed E-state index contributed by atoms with van der Waals surface area (Å²) < 4.78 is 13.0. The van der Waals surface area contributed by atoms with Gasteiger partial charge in [-0.2, -0.15) is 0 Å². The van der Waals surface area contributed by atoms with Crippen molar-refractivity contribution in [2.75, 3.05) is 14.2 Å². The molecule has 0 atom stereocenters. The van der Waals surface area contributed by atoms with Gasteiger partial charge in [0.15, 0.2) is 0 Å². The Morgan fingerprint density at radius 2 is 0.726 bits per heavy atom. The standard InChI is InChI=1S/C60H96O2/c1-5-7-9-11-13-15-17-19-21-23-25-27-29-31-33-41-48-58(49-42-34-32-30-28-26-24-22-20-18-16-14-12-10-8-6-2)50-47-54-53-60(61-3,62-4)59(52-55(54)51-58,56-43-37-35-38-44-56)57-45-39-36-40-46-57/h35-40,43-47,50,52-53H,5-34,41-42,48-49,51H2,1-4H3. The van der Waals surface area contributed by atoms with Crippen LogP contribution < -0.4 is 0 Å². The summed E-state index contributed by atoms with van der Waals surface area (Å²) in [6.45, 7) is 4.62. The zero-order valence-corrected chi connectivity index (χ0v) is 41.1. The molecular formula is C60H96O2. The maximum atomic E-state index is 6.50. The van der Waals surface area contributed by atoms with Crippen LogP contribution in [0.2, 0.25) is 0 Å². The molecule has 0 radical (unpaired) electrons. The lowest BCUT2D eigenvalue weighted by molar-refractivity contribution is -0.198. The Bertz CT molecular complexity index is 1400. The van der Waals surface area contributed by atoms with Crippen LogP contribution in [0.25, 0.3) is 0 Å². The zero-order valence-electron chi connectivity index (χ0n) is 41.1. The van der Waals surface area contributed by atoms with Crippen LogP contribution in [0.1, 0.15) is 250 Å². The van der Waals surface area contributed by atoms with Gasteiger partial charge in [-0.25, -0.2) is 0 Å². The summed E-state index contributed by atoms with van der Waals surface area (Å²) in [5, 5.41) is 0. The van der Waals surface area contributed by atoms with E-state index in [1.165, 1.54) is 241 Å². The van der Waals surface area contributed by atoms with Crippen molar-refractivity contribution in [3.8, 4) is 0 Å². The number of benzene rings is 2. The van der Waals surface area contributed by atoms with Crippen LogP contribution in [-0.2, 0) is 14.9 Å². The van der Waals surface area contributed by atoms with Gasteiger partial charge in [0.1, 0.15) is 0 Å². The van der Waals surface area contributed by atoms with Gasteiger partial charge in [0, 0.05) is 14.2 Å². The van der Waals surface area contributed by atoms with Crippen molar-refractivity contribution in [2.24, 2.45) is 5.41 Å². The molecule has 0 amide bonds. The lowest BCUT2D eigenvalue weighted by Crippen LogP contribution is -2.55. The van der Waals surface area contributed by atoms with E-state index in [1.807, 2.05) is 14.2 Å². The predicted molar refractivity (Wildman–Crippen MR) is 271 cm³/mol. The Morgan fingerprint density at radius 1 is 0.403 bits per heavy atom. The van der Waals surface area contributed by atoms with E-state index in [0.717, 1.165) is 6.42 Å². The lowest BCUT2D eigenvalue weighted by Gasteiger charge is -2.50. The normalized spacial score (nSPS) is 16.3. The molecular weight excluding hydrogens is 753 g/mol. The van der Waals surface area contributed by atoms with Crippen molar-refractivity contribution >= 4 is 0 Å². The van der Waals surface area contributed by atoms with Gasteiger partial charge in [-0.05, 0) is 53.0 Å². The minimum absolute atomic E-state index is 0.203. The van der Waals surface area contributed by atoms with Crippen molar-refractivity contribution < 1.29 is 9.47 Å². The molecule has 0 aliphatic heterocycles. The third kappa shape index (κ3) is 17.2. The molecule has 0 saturated carbocycles. The van der Waals surface area contributed by atoms with E-state index in [0.29, 0.717) is 0 Å². The van der Waals surface area contributed by atoms with Gasteiger partial charge in [-0.3, -0.25) is 0 Å². The molecule has 2 nitrogen and oxygen atoms in total. The van der Waals surface area contributed by atoms with Gasteiger partial charge >= 0.3 is 0 Å². The van der Waals surface area contributed by atoms with E-state index in [9.17, 15) is 0 Å². The van der Waals surface area contributed by atoms with Gasteiger partial charge in [0.05, 0.1) is 5.41 Å². The summed E-state index contributed by atoms with van der Waals surface area (Å²) in [7, 11) is 3.62. The number of hydrogen-bond acceptors (Lipinski definition) is 2. The number of fused-ring (bicyclic) bond motifs is 1. The highest BCUT2D eigenvalue weighted by Gasteiger charge is 2.55. The summed E-state index contributed by atoms with van der Waals surface area (Å²) in [6, 6.07) is 21.9. The molecule has 62 heavy (non-hydrogen) atoms. The molecule has 0 N–H and O–H groups in total. The first kappa shape index (κ1) is 52.2. The monoisotopic (exact) mass is 849 g/mol. The summed E-state index contributed by atoms with van der Waals surface area (Å²) in [5.41, 5.74) is 4.72. The van der Waals surface area contributed by atoms with Crippen molar-refractivity contribution in [3.05, 3.63) is 107 Å². The number of allylic oxidation sites excluding steroid dienone is 4. The second-order valence-corrected chi connectivity index (χ2v) is 19.9. The van der Waals surface area contributed by atoms with E-state index in [4.69, 9.17) is 9.47 Å². The van der Waals surface area contributed by atoms with Crippen LogP contribution in [0.3, 0.4) is 0 Å². The minimum Gasteiger partial charge on any atom is -0.348 e. The number of methoxy groups -OCH3 is 2. The summed E-state index contributed by atoms with van der Waals surface area (Å²) in [4.78, 5) is 0. The molecule has 0 aromatic heterocycles. The fourth-order valence-corrected chi connectivity index (χ4v) is 11.0. The molecule has 0 unspecified atom stereocenters. The maximum absolute atomic E-state index is 6.50. The first-order valence-electron chi connectivity index (χ1n) is 26.9. The van der Waals surface area contributed by atoms with E-state index in [2.05, 4.69) is 98.8 Å². The first-order chi connectivity index (χ1) is 30.6. The summed E-state index contributed by atoms with van der Waals surface area (Å²) in [6.07, 6.45) is 59.0. The predicted octanol–water partition coefficient (Wildman–Crippen LogP) is 19.1. The highest BCUT2D eigenvalue weighted by molar-refractivity contribution is 5.60. The average Bonchev–Trinajstić information content (AvgIpc) is 3.31. The maximum Gasteiger partial charge on any atom is 0.205 e. The van der Waals surface area contributed by atoms with Crippen LogP contribution in [0, 0.1) is 5.41 Å². The highest BCUT2D eigenvalue weighted by Crippen LogP contribution is 2.55. The fourth-order valence-electron chi connectivity index (χ4n) is 11.0. The highest BCUT2D eigenvalue weighted by atomic mass is 16.7. The van der Waals surface area contributed by atoms with E-state index >= 15 is 0 Å². The second-order valence-electron chi connectivity index (χ2n) is 19.9. The molecule has 2 aliphatic rings. The van der Waals surface area contributed by atoms with Gasteiger partial charge in [-0.15, -0.1) is 0 Å². The molecule has 0 saturated heterocycles. The van der Waals surface area contributed by atoms with E-state index in [1.54, 1.807) is 0 Å². The summed E-state index contributed by atoms with van der Waals surface area (Å²) >= 11 is 0. The quantitative estimate of drug-likeness (QED) is 0.0495. The van der Waals surface area contributed by atoms with Crippen molar-refractivity contribution in [1.82, 2.24) is 0 Å². The Kier molecular flexibility index (Phi) is 26.5. The Labute approximate surface area is 384 Å². The third-order valence-corrected chi connectivity index (χ3v) is 14.9. The van der Waals surface area contributed by atoms with E-state index < -0.39 is 11.2 Å². The van der Waals surface area contributed by atoms with Crippen LogP contribution >= 0.6 is 0 Å². The van der Waals surface area contributed by atoms with Gasteiger partial charge in [0.2, 0.25) is 5.79 Å². The fraction of sp³-hybridized carbons (Fsp3) is 0.700. The summed E-state index contributed by atoms with van der Waals surface area (Å²) in [5.74, 6) is -0.972. The molecule has 2 aromatic carbocycles.